The van der Waals surface area contributed by atoms with Crippen molar-refractivity contribution in [2.45, 2.75) is 36.6 Å². The van der Waals surface area contributed by atoms with Crippen molar-refractivity contribution in [1.82, 2.24) is 19.9 Å². The summed E-state index contributed by atoms with van der Waals surface area (Å²) < 4.78 is 0. The second-order valence-electron chi connectivity index (χ2n) is 4.50. The van der Waals surface area contributed by atoms with E-state index in [1.165, 1.54) is 0 Å². The molecule has 2 aromatic rings. The molecule has 0 aromatic carbocycles. The molecule has 0 radical (unpaired) electrons. The van der Waals surface area contributed by atoms with Gasteiger partial charge in [0.15, 0.2) is 5.65 Å². The van der Waals surface area contributed by atoms with Crippen LogP contribution in [0.15, 0.2) is 12.5 Å². The molecule has 1 aliphatic rings. The van der Waals surface area contributed by atoms with Crippen molar-refractivity contribution < 1.29 is 0 Å². The third-order valence-electron chi connectivity index (χ3n) is 3.36. The fourth-order valence-electron chi connectivity index (χ4n) is 2.44. The Hall–Kier alpha value is -1.20. The highest BCUT2D eigenvalue weighted by molar-refractivity contribution is 6.21. The zero-order valence-corrected chi connectivity index (χ0v) is 10.1. The largest absolute Gasteiger partial charge is 0.342 e. The Balaban J connectivity index is 2.00. The summed E-state index contributed by atoms with van der Waals surface area (Å²) in [6.45, 7) is 0. The van der Waals surface area contributed by atoms with Gasteiger partial charge in [-0.3, -0.25) is 0 Å². The average molecular weight is 252 g/mol. The topological polar surface area (TPSA) is 80.5 Å². The van der Waals surface area contributed by atoms with Crippen LogP contribution in [0.2, 0.25) is 0 Å². The fourth-order valence-corrected chi connectivity index (χ4v) is 2.89. The number of nitrogens with zero attached hydrogens (tertiary/aromatic N) is 3. The van der Waals surface area contributed by atoms with Gasteiger partial charge in [-0.25, -0.2) is 15.0 Å². The van der Waals surface area contributed by atoms with Gasteiger partial charge in [0.05, 0.1) is 18.4 Å². The summed E-state index contributed by atoms with van der Waals surface area (Å²) in [6, 6.07) is 0.0441. The molecule has 6 heteroatoms. The van der Waals surface area contributed by atoms with E-state index in [9.17, 15) is 0 Å². The molecule has 0 amide bonds. The number of nitrogens with one attached hydrogen (secondary N) is 1. The van der Waals surface area contributed by atoms with Gasteiger partial charge >= 0.3 is 0 Å². The lowest BCUT2D eigenvalue weighted by Gasteiger charge is -2.31. The highest BCUT2D eigenvalue weighted by Crippen LogP contribution is 2.34. The molecule has 3 atom stereocenters. The lowest BCUT2D eigenvalue weighted by atomic mass is 9.84. The molecule has 90 valence electrons. The van der Waals surface area contributed by atoms with Crippen LogP contribution < -0.4 is 5.73 Å². The zero-order chi connectivity index (χ0) is 11.8. The number of aromatic amines is 1. The number of aromatic nitrogens is 4. The minimum atomic E-state index is 0.0233. The Morgan fingerprint density at radius 2 is 2.24 bits per heavy atom. The number of hydrogen-bond acceptors (Lipinski definition) is 4. The van der Waals surface area contributed by atoms with Crippen molar-refractivity contribution in [3.05, 3.63) is 18.3 Å². The molecule has 3 N–H and O–H groups in total. The van der Waals surface area contributed by atoms with Gasteiger partial charge in [-0.1, -0.05) is 6.42 Å². The molecular weight excluding hydrogens is 238 g/mol. The van der Waals surface area contributed by atoms with Crippen LogP contribution >= 0.6 is 11.6 Å². The molecule has 3 rings (SSSR count). The van der Waals surface area contributed by atoms with Gasteiger partial charge in [0.2, 0.25) is 0 Å². The number of hydrogen-bond donors (Lipinski definition) is 2. The molecule has 5 nitrogen and oxygen atoms in total. The van der Waals surface area contributed by atoms with Crippen molar-refractivity contribution in [1.29, 1.82) is 0 Å². The van der Waals surface area contributed by atoms with Crippen molar-refractivity contribution in [2.24, 2.45) is 5.73 Å². The summed E-state index contributed by atoms with van der Waals surface area (Å²) in [5.41, 5.74) is 7.64. The molecule has 17 heavy (non-hydrogen) atoms. The molecule has 0 spiro atoms. The van der Waals surface area contributed by atoms with Gasteiger partial charge in [0.25, 0.3) is 0 Å². The van der Waals surface area contributed by atoms with E-state index in [1.807, 2.05) is 0 Å². The van der Waals surface area contributed by atoms with Crippen LogP contribution in [0, 0.1) is 0 Å². The first kappa shape index (κ1) is 10.9. The molecule has 1 fully saturated rings. The predicted octanol–water partition coefficient (Wildman–Crippen LogP) is 1.56. The highest BCUT2D eigenvalue weighted by atomic mass is 35.5. The number of H-pyrrole nitrogens is 1. The van der Waals surface area contributed by atoms with Crippen LogP contribution in [0.25, 0.3) is 11.2 Å². The standard InChI is InChI=1S/C11H14ClN5/c12-6-2-1-3-7(13)9(6)11-14-4-8-10(17-11)16-5-15-8/h4-7,9H,1-3,13H2,(H,14,15,16,17). The van der Waals surface area contributed by atoms with Crippen molar-refractivity contribution >= 4 is 22.8 Å². The summed E-state index contributed by atoms with van der Waals surface area (Å²) in [7, 11) is 0. The van der Waals surface area contributed by atoms with Crippen LogP contribution in [0.1, 0.15) is 31.0 Å². The number of halogens is 1. The number of fused-ring (bicyclic) bond motifs is 1. The maximum atomic E-state index is 6.35. The Morgan fingerprint density at radius 1 is 1.35 bits per heavy atom. The van der Waals surface area contributed by atoms with Gasteiger partial charge in [0, 0.05) is 11.4 Å². The minimum Gasteiger partial charge on any atom is -0.342 e. The third-order valence-corrected chi connectivity index (χ3v) is 3.85. The predicted molar refractivity (Wildman–Crippen MR) is 65.9 cm³/mol. The van der Waals surface area contributed by atoms with E-state index in [1.54, 1.807) is 12.5 Å². The SMILES string of the molecule is NC1CCCC(Cl)C1c1ncc2[nH]cnc2n1. The Labute approximate surface area is 104 Å². The second-order valence-corrected chi connectivity index (χ2v) is 5.07. The summed E-state index contributed by atoms with van der Waals surface area (Å²) in [6.07, 6.45) is 6.39. The maximum Gasteiger partial charge on any atom is 0.180 e. The van der Waals surface area contributed by atoms with Gasteiger partial charge in [0.1, 0.15) is 11.3 Å². The van der Waals surface area contributed by atoms with Gasteiger partial charge in [-0.05, 0) is 12.8 Å². The van der Waals surface area contributed by atoms with Gasteiger partial charge in [-0.2, -0.15) is 0 Å². The van der Waals surface area contributed by atoms with Gasteiger partial charge < -0.3 is 10.7 Å². The third kappa shape index (κ3) is 1.89. The molecular formula is C11H14ClN5. The maximum absolute atomic E-state index is 6.35. The fraction of sp³-hybridized carbons (Fsp3) is 0.545. The molecule has 0 aliphatic heterocycles. The first-order valence-corrected chi connectivity index (χ1v) is 6.25. The number of rotatable bonds is 1. The molecule has 2 aromatic heterocycles. The van der Waals surface area contributed by atoms with Crippen LogP contribution in [-0.2, 0) is 0 Å². The number of nitrogens with two attached hydrogens (primary N) is 1. The molecule has 0 saturated heterocycles. The van der Waals surface area contributed by atoms with E-state index >= 15 is 0 Å². The Bertz CT molecular complexity index is 515. The van der Waals surface area contributed by atoms with Crippen molar-refractivity contribution in [2.75, 3.05) is 0 Å². The van der Waals surface area contributed by atoms with Crippen molar-refractivity contribution in [3.8, 4) is 0 Å². The number of alkyl halides is 1. The van der Waals surface area contributed by atoms with E-state index in [0.717, 1.165) is 30.6 Å². The summed E-state index contributed by atoms with van der Waals surface area (Å²) >= 11 is 6.35. The molecule has 2 heterocycles. The summed E-state index contributed by atoms with van der Waals surface area (Å²) in [4.78, 5) is 15.9. The lowest BCUT2D eigenvalue weighted by molar-refractivity contribution is 0.380. The molecule has 1 aliphatic carbocycles. The van der Waals surface area contributed by atoms with E-state index in [-0.39, 0.29) is 17.3 Å². The number of imidazole rings is 1. The molecule has 1 saturated carbocycles. The van der Waals surface area contributed by atoms with Crippen LogP contribution in [-0.4, -0.2) is 31.4 Å². The Morgan fingerprint density at radius 3 is 3.06 bits per heavy atom. The van der Waals surface area contributed by atoms with E-state index in [0.29, 0.717) is 5.65 Å². The average Bonchev–Trinajstić information content (AvgIpc) is 2.76. The first-order valence-electron chi connectivity index (χ1n) is 5.81. The molecule has 0 bridgehead atoms. The van der Waals surface area contributed by atoms with E-state index < -0.39 is 0 Å². The quantitative estimate of drug-likeness (QED) is 0.754. The van der Waals surface area contributed by atoms with Crippen molar-refractivity contribution in [3.63, 3.8) is 0 Å². The van der Waals surface area contributed by atoms with Crippen LogP contribution in [0.3, 0.4) is 0 Å². The van der Waals surface area contributed by atoms with Crippen LogP contribution in [0.5, 0.6) is 0 Å². The normalized spacial score (nSPS) is 29.6. The minimum absolute atomic E-state index is 0.0233. The summed E-state index contributed by atoms with van der Waals surface area (Å²) in [5, 5.41) is 0.0233. The van der Waals surface area contributed by atoms with E-state index in [4.69, 9.17) is 17.3 Å². The van der Waals surface area contributed by atoms with Crippen LogP contribution in [0.4, 0.5) is 0 Å². The monoisotopic (exact) mass is 251 g/mol. The second kappa shape index (κ2) is 4.23. The zero-order valence-electron chi connectivity index (χ0n) is 9.31. The Kier molecular flexibility index (Phi) is 2.72. The highest BCUT2D eigenvalue weighted by Gasteiger charge is 2.33. The van der Waals surface area contributed by atoms with Gasteiger partial charge in [-0.15, -0.1) is 11.6 Å². The first-order chi connectivity index (χ1) is 8.25. The molecule has 3 unspecified atom stereocenters. The summed E-state index contributed by atoms with van der Waals surface area (Å²) in [5.74, 6) is 0.753. The smallest absolute Gasteiger partial charge is 0.180 e. The van der Waals surface area contributed by atoms with E-state index in [2.05, 4.69) is 19.9 Å². The lowest BCUT2D eigenvalue weighted by Crippen LogP contribution is -2.38.